The van der Waals surface area contributed by atoms with Gasteiger partial charge in [-0.05, 0) is 75.4 Å². The molecule has 15 heteroatoms. The summed E-state index contributed by atoms with van der Waals surface area (Å²) in [6.07, 6.45) is -11.9. The van der Waals surface area contributed by atoms with Crippen molar-refractivity contribution in [3.63, 3.8) is 0 Å². The first-order valence-electron chi connectivity index (χ1n) is 18.5. The van der Waals surface area contributed by atoms with Crippen molar-refractivity contribution in [3.8, 4) is 0 Å². The molecule has 0 aromatic rings. The Bertz CT molecular complexity index is 1220. The number of aliphatic hydroxyl groups excluding tert-OH is 3. The third kappa shape index (κ3) is 9.35. The number of rotatable bonds is 7. The van der Waals surface area contributed by atoms with Crippen molar-refractivity contribution in [2.45, 2.75) is 185 Å². The number of ketones is 1. The predicted molar refractivity (Wildman–Crippen MR) is 187 cm³/mol. The van der Waals surface area contributed by atoms with E-state index in [0.29, 0.717) is 6.42 Å². The number of nitrogens with zero attached hydrogens (tertiary/aromatic N) is 1. The molecule has 3 fully saturated rings. The van der Waals surface area contributed by atoms with Crippen LogP contribution in [0.1, 0.15) is 94.9 Å². The first-order chi connectivity index (χ1) is 23.7. The highest BCUT2D eigenvalue weighted by Crippen LogP contribution is 2.42. The van der Waals surface area contributed by atoms with Crippen LogP contribution in [-0.4, -0.2) is 153 Å². The molecule has 0 aliphatic carbocycles. The summed E-state index contributed by atoms with van der Waals surface area (Å²) in [7, 11) is 5.04. The first kappa shape index (κ1) is 45.0. The number of methoxy groups -OCH3 is 1. The first-order valence-corrected chi connectivity index (χ1v) is 18.5. The molecule has 5 N–H and O–H groups in total. The number of likely N-dealkylation sites (N-methyl/N-ethyl adjacent to an activating group) is 1. The summed E-state index contributed by atoms with van der Waals surface area (Å²) in [6.45, 7) is 14.7. The van der Waals surface area contributed by atoms with Gasteiger partial charge in [0.1, 0.15) is 23.9 Å². The summed E-state index contributed by atoms with van der Waals surface area (Å²) in [6, 6.07) is -0.405. The summed E-state index contributed by atoms with van der Waals surface area (Å²) in [5.74, 6) is -5.61. The van der Waals surface area contributed by atoms with E-state index in [0.717, 1.165) is 6.92 Å². The van der Waals surface area contributed by atoms with E-state index in [2.05, 4.69) is 0 Å². The average molecular weight is 752 g/mol. The SMILES string of the molecule is CC[C@H]1OC(=O)[C@H](C)[C@@H](OC2CC(C)(OC)C(O)C(C)O2)[C@H](C)[C@@H](OC2OC(C)CC(N(C)C)C2O)[C@](C)(O)C[C@](C)(F)C(=O)[C@H](C)[C@@H](O)[C@]1(C)O. The minimum absolute atomic E-state index is 0.0296. The Kier molecular flexibility index (Phi) is 14.5. The molecule has 0 bridgehead atoms. The molecule has 0 radical (unpaired) electrons. The lowest BCUT2D eigenvalue weighted by Crippen LogP contribution is -2.62. The van der Waals surface area contributed by atoms with E-state index in [1.807, 2.05) is 11.8 Å². The van der Waals surface area contributed by atoms with Crippen LogP contribution in [0.5, 0.6) is 0 Å². The van der Waals surface area contributed by atoms with E-state index in [1.54, 1.807) is 41.8 Å². The van der Waals surface area contributed by atoms with Crippen LogP contribution in [0, 0.1) is 17.8 Å². The van der Waals surface area contributed by atoms with Crippen LogP contribution >= 0.6 is 0 Å². The number of cyclic esters (lactones) is 1. The largest absolute Gasteiger partial charge is 0.459 e. The highest BCUT2D eigenvalue weighted by Gasteiger charge is 2.56. The van der Waals surface area contributed by atoms with Gasteiger partial charge in [-0.25, -0.2) is 4.39 Å². The lowest BCUT2D eigenvalue weighted by molar-refractivity contribution is -0.318. The molecule has 8 unspecified atom stereocenters. The number of ether oxygens (including phenoxy) is 6. The number of hydrogen-bond donors (Lipinski definition) is 5. The Morgan fingerprint density at radius 1 is 0.923 bits per heavy atom. The van der Waals surface area contributed by atoms with E-state index in [-0.39, 0.29) is 18.9 Å². The Balaban J connectivity index is 2.22. The minimum Gasteiger partial charge on any atom is -0.459 e. The van der Waals surface area contributed by atoms with Crippen LogP contribution in [0.4, 0.5) is 4.39 Å². The quantitative estimate of drug-likeness (QED) is 0.237. The van der Waals surface area contributed by atoms with Gasteiger partial charge in [-0.15, -0.1) is 0 Å². The van der Waals surface area contributed by atoms with Gasteiger partial charge in [0, 0.05) is 37.8 Å². The van der Waals surface area contributed by atoms with E-state index < -0.39 is 120 Å². The van der Waals surface area contributed by atoms with Gasteiger partial charge >= 0.3 is 5.97 Å². The molecule has 18 atom stereocenters. The van der Waals surface area contributed by atoms with E-state index in [9.17, 15) is 35.1 Å². The molecule has 0 amide bonds. The maximum atomic E-state index is 16.8. The third-order valence-corrected chi connectivity index (χ3v) is 11.8. The van der Waals surface area contributed by atoms with Crippen molar-refractivity contribution in [2.24, 2.45) is 17.8 Å². The molecule has 0 saturated carbocycles. The fourth-order valence-corrected chi connectivity index (χ4v) is 8.45. The zero-order valence-corrected chi connectivity index (χ0v) is 33.2. The van der Waals surface area contributed by atoms with Crippen LogP contribution in [-0.2, 0) is 38.0 Å². The van der Waals surface area contributed by atoms with Gasteiger partial charge in [0.25, 0.3) is 0 Å². The summed E-state index contributed by atoms with van der Waals surface area (Å²) in [5, 5.41) is 57.4. The van der Waals surface area contributed by atoms with Crippen LogP contribution in [0.15, 0.2) is 0 Å². The number of carbonyl (C=O) groups is 2. The van der Waals surface area contributed by atoms with Crippen molar-refractivity contribution in [1.29, 1.82) is 0 Å². The molecule has 52 heavy (non-hydrogen) atoms. The van der Waals surface area contributed by atoms with Crippen LogP contribution in [0.3, 0.4) is 0 Å². The molecular weight excluding hydrogens is 685 g/mol. The number of alkyl halides is 1. The minimum atomic E-state index is -2.77. The maximum absolute atomic E-state index is 16.8. The van der Waals surface area contributed by atoms with Crippen molar-refractivity contribution in [1.82, 2.24) is 4.90 Å². The molecule has 3 heterocycles. The molecule has 0 spiro atoms. The van der Waals surface area contributed by atoms with Gasteiger partial charge in [0.15, 0.2) is 24.0 Å². The van der Waals surface area contributed by atoms with Crippen LogP contribution in [0.25, 0.3) is 0 Å². The van der Waals surface area contributed by atoms with E-state index in [4.69, 9.17) is 28.4 Å². The molecule has 0 aromatic heterocycles. The zero-order valence-electron chi connectivity index (χ0n) is 33.2. The second-order valence-electron chi connectivity index (χ2n) is 16.7. The number of aliphatic hydroxyl groups is 5. The Hall–Kier alpha value is -1.37. The lowest BCUT2D eigenvalue weighted by Gasteiger charge is -2.49. The standard InChI is InChI=1S/C37H66FNO13/c1-14-24-37(10,46)29(42)21(5)28(41)34(7,38)17-35(8,45)31(52-33-26(40)23(39(11)12)15-18(2)48-33)19(3)27(20(4)32(44)50-24)51-25-16-36(9,47-13)30(43)22(6)49-25/h18-27,29-31,33,40,42-43,45-46H,14-17H2,1-13H3/t18?,19-,20+,21-,22?,23?,24+,25?,26?,27-,29+,30?,31+,33?,34-,35+,36?,37+/m0/s1. The molecule has 14 nitrogen and oxygen atoms in total. The monoisotopic (exact) mass is 751 g/mol. The van der Waals surface area contributed by atoms with Crippen LogP contribution in [0.2, 0.25) is 0 Å². The highest BCUT2D eigenvalue weighted by atomic mass is 19.1. The maximum Gasteiger partial charge on any atom is 0.311 e. The third-order valence-electron chi connectivity index (χ3n) is 11.8. The smallest absolute Gasteiger partial charge is 0.311 e. The number of carbonyl (C=O) groups excluding carboxylic acids is 2. The summed E-state index contributed by atoms with van der Waals surface area (Å²) >= 11 is 0. The van der Waals surface area contributed by atoms with Gasteiger partial charge in [0.2, 0.25) is 0 Å². The Morgan fingerprint density at radius 2 is 1.52 bits per heavy atom. The normalized spacial score (nSPS) is 50.5. The molecule has 3 rings (SSSR count). The summed E-state index contributed by atoms with van der Waals surface area (Å²) < 4.78 is 53.4. The van der Waals surface area contributed by atoms with Crippen molar-refractivity contribution >= 4 is 11.8 Å². The highest BCUT2D eigenvalue weighted by molar-refractivity contribution is 5.89. The summed E-state index contributed by atoms with van der Waals surface area (Å²) in [4.78, 5) is 29.6. The second kappa shape index (κ2) is 16.8. The molecule has 304 valence electrons. The molecule has 3 saturated heterocycles. The van der Waals surface area contributed by atoms with Gasteiger partial charge in [-0.1, -0.05) is 20.8 Å². The number of halogens is 1. The number of hydrogen-bond acceptors (Lipinski definition) is 14. The van der Waals surface area contributed by atoms with Gasteiger partial charge in [-0.3, -0.25) is 9.59 Å². The fourth-order valence-electron chi connectivity index (χ4n) is 8.45. The summed E-state index contributed by atoms with van der Waals surface area (Å²) in [5.41, 5.74) is -8.26. The fraction of sp³-hybridized carbons (Fsp3) is 0.946. The second-order valence-corrected chi connectivity index (χ2v) is 16.7. The van der Waals surface area contributed by atoms with Gasteiger partial charge in [0.05, 0.1) is 47.6 Å². The molecule has 3 aliphatic rings. The van der Waals surface area contributed by atoms with E-state index in [1.165, 1.54) is 34.8 Å². The average Bonchev–Trinajstić information content (AvgIpc) is 3.05. The lowest BCUT2D eigenvalue weighted by atomic mass is 9.73. The number of Topliss-reactive ketones (excluding diaryl/α,β-unsaturated/α-hetero) is 1. The molecule has 0 aromatic carbocycles. The predicted octanol–water partition coefficient (Wildman–Crippen LogP) is 1.88. The van der Waals surface area contributed by atoms with Crippen molar-refractivity contribution < 1.29 is 67.9 Å². The molecule has 3 aliphatic heterocycles. The van der Waals surface area contributed by atoms with Crippen molar-refractivity contribution in [3.05, 3.63) is 0 Å². The molecular formula is C37H66FNO13. The Labute approximate surface area is 308 Å². The Morgan fingerprint density at radius 3 is 2.06 bits per heavy atom. The van der Waals surface area contributed by atoms with Crippen molar-refractivity contribution in [2.75, 3.05) is 21.2 Å². The zero-order chi connectivity index (χ0) is 39.9. The van der Waals surface area contributed by atoms with Crippen LogP contribution < -0.4 is 0 Å². The number of esters is 1. The topological polar surface area (TPSA) is 194 Å². The van der Waals surface area contributed by atoms with Gasteiger partial charge in [-0.2, -0.15) is 0 Å². The van der Waals surface area contributed by atoms with E-state index >= 15 is 4.39 Å². The van der Waals surface area contributed by atoms with Gasteiger partial charge < -0.3 is 58.9 Å².